The Kier molecular flexibility index (Phi) is 7.05. The maximum absolute atomic E-state index is 12.0. The average Bonchev–Trinajstić information content (AvgIpc) is 3.03. The van der Waals surface area contributed by atoms with Gasteiger partial charge in [-0.1, -0.05) is 17.3 Å². The van der Waals surface area contributed by atoms with E-state index in [0.717, 1.165) is 5.56 Å². The highest BCUT2D eigenvalue weighted by Crippen LogP contribution is 2.12. The second kappa shape index (κ2) is 9.50. The molecule has 0 radical (unpaired) electrons. The van der Waals surface area contributed by atoms with Crippen LogP contribution in [0.3, 0.4) is 0 Å². The van der Waals surface area contributed by atoms with Crippen molar-refractivity contribution in [3.63, 3.8) is 0 Å². The van der Waals surface area contributed by atoms with Crippen molar-refractivity contribution in [3.8, 4) is 0 Å². The van der Waals surface area contributed by atoms with E-state index in [1.165, 1.54) is 10.9 Å². The number of aromatic carboxylic acids is 1. The molecule has 2 rings (SSSR count). The van der Waals surface area contributed by atoms with Gasteiger partial charge in [-0.05, 0) is 24.6 Å². The Bertz CT molecular complexity index is 716. The molecule has 0 bridgehead atoms. The van der Waals surface area contributed by atoms with E-state index in [-0.39, 0.29) is 18.1 Å². The summed E-state index contributed by atoms with van der Waals surface area (Å²) >= 11 is 0. The predicted octanol–water partition coefficient (Wildman–Crippen LogP) is 1.17. The summed E-state index contributed by atoms with van der Waals surface area (Å²) in [7, 11) is 0. The number of carbonyl (C=O) groups is 2. The van der Waals surface area contributed by atoms with Gasteiger partial charge < -0.3 is 19.9 Å². The zero-order valence-electron chi connectivity index (χ0n) is 13.8. The van der Waals surface area contributed by atoms with Crippen molar-refractivity contribution < 1.29 is 24.2 Å². The number of carbonyl (C=O) groups excluding carboxylic acids is 1. The third-order valence-electron chi connectivity index (χ3n) is 3.12. The number of carboxylic acid groups (broad SMARTS) is 1. The van der Waals surface area contributed by atoms with E-state index in [4.69, 9.17) is 14.6 Å². The minimum absolute atomic E-state index is 0.130. The van der Waals surface area contributed by atoms with Crippen LogP contribution in [0.25, 0.3) is 0 Å². The van der Waals surface area contributed by atoms with Gasteiger partial charge in [0.1, 0.15) is 6.54 Å². The molecule has 25 heavy (non-hydrogen) atoms. The smallest absolute Gasteiger partial charge is 0.358 e. The average molecular weight is 348 g/mol. The first kappa shape index (κ1) is 18.6. The van der Waals surface area contributed by atoms with Gasteiger partial charge >= 0.3 is 5.97 Å². The highest BCUT2D eigenvalue weighted by atomic mass is 16.5. The number of ether oxygens (including phenoxy) is 2. The SMILES string of the molecule is CCOCCOCc1cccc(NC(=O)Cn2cc(C(=O)O)nn2)c1. The number of aromatic nitrogens is 3. The van der Waals surface area contributed by atoms with Crippen LogP contribution in [0.2, 0.25) is 0 Å². The molecule has 0 saturated heterocycles. The van der Waals surface area contributed by atoms with Crippen LogP contribution in [0.4, 0.5) is 5.69 Å². The summed E-state index contributed by atoms with van der Waals surface area (Å²) in [5.41, 5.74) is 1.33. The topological polar surface area (TPSA) is 116 Å². The first-order valence-electron chi connectivity index (χ1n) is 7.76. The fourth-order valence-electron chi connectivity index (χ4n) is 2.01. The molecule has 0 unspecified atom stereocenters. The van der Waals surface area contributed by atoms with Gasteiger partial charge in [0.05, 0.1) is 26.0 Å². The molecule has 1 heterocycles. The molecule has 0 aliphatic rings. The molecule has 0 aliphatic carbocycles. The third kappa shape index (κ3) is 6.32. The maximum atomic E-state index is 12.0. The minimum atomic E-state index is -1.19. The Balaban J connectivity index is 1.83. The van der Waals surface area contributed by atoms with E-state index in [1.54, 1.807) is 6.07 Å². The van der Waals surface area contributed by atoms with Gasteiger partial charge in [-0.15, -0.1) is 5.10 Å². The van der Waals surface area contributed by atoms with Crippen LogP contribution in [-0.2, 0) is 27.4 Å². The summed E-state index contributed by atoms with van der Waals surface area (Å²) in [6.07, 6.45) is 1.20. The molecule has 2 N–H and O–H groups in total. The van der Waals surface area contributed by atoms with Crippen molar-refractivity contribution in [1.29, 1.82) is 0 Å². The second-order valence-electron chi connectivity index (χ2n) is 5.10. The first-order chi connectivity index (χ1) is 12.1. The van der Waals surface area contributed by atoms with Gasteiger partial charge in [-0.2, -0.15) is 0 Å². The number of hydrogen-bond acceptors (Lipinski definition) is 6. The first-order valence-corrected chi connectivity index (χ1v) is 7.76. The van der Waals surface area contributed by atoms with Crippen molar-refractivity contribution in [2.24, 2.45) is 0 Å². The monoisotopic (exact) mass is 348 g/mol. The fourth-order valence-corrected chi connectivity index (χ4v) is 2.01. The second-order valence-corrected chi connectivity index (χ2v) is 5.10. The lowest BCUT2D eigenvalue weighted by molar-refractivity contribution is -0.116. The minimum Gasteiger partial charge on any atom is -0.476 e. The Labute approximate surface area is 144 Å². The Morgan fingerprint density at radius 3 is 2.80 bits per heavy atom. The van der Waals surface area contributed by atoms with E-state index in [9.17, 15) is 9.59 Å². The van der Waals surface area contributed by atoms with E-state index < -0.39 is 5.97 Å². The van der Waals surface area contributed by atoms with Gasteiger partial charge in [0.25, 0.3) is 0 Å². The van der Waals surface area contributed by atoms with Crippen LogP contribution in [0.5, 0.6) is 0 Å². The molecule has 9 heteroatoms. The van der Waals surface area contributed by atoms with E-state index >= 15 is 0 Å². The van der Waals surface area contributed by atoms with Crippen molar-refractivity contribution >= 4 is 17.6 Å². The number of hydrogen-bond donors (Lipinski definition) is 2. The number of amides is 1. The zero-order chi connectivity index (χ0) is 18.1. The Morgan fingerprint density at radius 1 is 1.28 bits per heavy atom. The normalized spacial score (nSPS) is 10.6. The summed E-state index contributed by atoms with van der Waals surface area (Å²) in [5, 5.41) is 18.6. The molecule has 9 nitrogen and oxygen atoms in total. The highest BCUT2D eigenvalue weighted by molar-refractivity contribution is 5.90. The van der Waals surface area contributed by atoms with Gasteiger partial charge in [0.15, 0.2) is 5.69 Å². The highest BCUT2D eigenvalue weighted by Gasteiger charge is 2.11. The number of anilines is 1. The van der Waals surface area contributed by atoms with Crippen LogP contribution >= 0.6 is 0 Å². The molecule has 1 aromatic carbocycles. The van der Waals surface area contributed by atoms with Crippen molar-refractivity contribution in [3.05, 3.63) is 41.7 Å². The molecule has 0 saturated carbocycles. The van der Waals surface area contributed by atoms with Crippen molar-refractivity contribution in [1.82, 2.24) is 15.0 Å². The summed E-state index contributed by atoms with van der Waals surface area (Å²) in [4.78, 5) is 22.7. The molecule has 2 aromatic rings. The summed E-state index contributed by atoms with van der Waals surface area (Å²) in [6.45, 7) is 3.92. The number of nitrogens with one attached hydrogen (secondary N) is 1. The van der Waals surface area contributed by atoms with Crippen LogP contribution in [0.15, 0.2) is 30.5 Å². The van der Waals surface area contributed by atoms with Gasteiger partial charge in [0.2, 0.25) is 5.91 Å². The molecule has 0 aliphatic heterocycles. The summed E-state index contributed by atoms with van der Waals surface area (Å²) < 4.78 is 11.8. The van der Waals surface area contributed by atoms with Crippen molar-refractivity contribution in [2.75, 3.05) is 25.1 Å². The lowest BCUT2D eigenvalue weighted by Crippen LogP contribution is -2.19. The van der Waals surface area contributed by atoms with Crippen LogP contribution in [0, 0.1) is 0 Å². The van der Waals surface area contributed by atoms with E-state index in [1.807, 2.05) is 25.1 Å². The molecule has 0 fully saturated rings. The molecular weight excluding hydrogens is 328 g/mol. The van der Waals surface area contributed by atoms with Crippen LogP contribution in [0.1, 0.15) is 23.0 Å². The Hall–Kier alpha value is -2.78. The van der Waals surface area contributed by atoms with Gasteiger partial charge in [0, 0.05) is 12.3 Å². The summed E-state index contributed by atoms with van der Waals surface area (Å²) in [6, 6.07) is 7.27. The lowest BCUT2D eigenvalue weighted by Gasteiger charge is -2.08. The number of nitrogens with zero attached hydrogens (tertiary/aromatic N) is 3. The third-order valence-corrected chi connectivity index (χ3v) is 3.12. The van der Waals surface area contributed by atoms with Gasteiger partial charge in [-0.3, -0.25) is 4.79 Å². The van der Waals surface area contributed by atoms with E-state index in [0.29, 0.717) is 32.1 Å². The molecular formula is C16H20N4O5. The predicted molar refractivity (Wildman–Crippen MR) is 88.2 cm³/mol. The fraction of sp³-hybridized carbons (Fsp3) is 0.375. The standard InChI is InChI=1S/C16H20N4O5/c1-2-24-6-7-25-11-12-4-3-5-13(8-12)17-15(21)10-20-9-14(16(22)23)18-19-20/h3-5,8-9H,2,6-7,10-11H2,1H3,(H,17,21)(H,22,23). The van der Waals surface area contributed by atoms with Crippen LogP contribution < -0.4 is 5.32 Å². The number of carboxylic acids is 1. The van der Waals surface area contributed by atoms with Gasteiger partial charge in [-0.25, -0.2) is 9.48 Å². The van der Waals surface area contributed by atoms with Crippen molar-refractivity contribution in [2.45, 2.75) is 20.1 Å². The van der Waals surface area contributed by atoms with E-state index in [2.05, 4.69) is 15.6 Å². The molecule has 1 aromatic heterocycles. The van der Waals surface area contributed by atoms with Crippen LogP contribution in [-0.4, -0.2) is 51.8 Å². The number of benzene rings is 1. The Morgan fingerprint density at radius 2 is 2.08 bits per heavy atom. The largest absolute Gasteiger partial charge is 0.476 e. The number of rotatable bonds is 10. The molecule has 0 atom stereocenters. The quantitative estimate of drug-likeness (QED) is 0.619. The summed E-state index contributed by atoms with van der Waals surface area (Å²) in [5.74, 6) is -1.53. The molecule has 0 spiro atoms. The molecule has 1 amide bonds. The molecule has 134 valence electrons. The zero-order valence-corrected chi connectivity index (χ0v) is 13.8. The maximum Gasteiger partial charge on any atom is 0.358 e. The lowest BCUT2D eigenvalue weighted by atomic mass is 10.2.